The average molecular weight is 370 g/mol. The Labute approximate surface area is 159 Å². The number of rotatable bonds is 4. The quantitative estimate of drug-likeness (QED) is 0.816. The number of nitrogens with one attached hydrogen (secondary N) is 1. The summed E-state index contributed by atoms with van der Waals surface area (Å²) in [5, 5.41) is 3.12. The molecule has 1 fully saturated rings. The average Bonchev–Trinajstić information content (AvgIpc) is 2.98. The van der Waals surface area contributed by atoms with E-state index in [2.05, 4.69) is 27.3 Å². The number of amides is 1. The van der Waals surface area contributed by atoms with E-state index in [-0.39, 0.29) is 5.91 Å². The van der Waals surface area contributed by atoms with Gasteiger partial charge in [-0.1, -0.05) is 12.5 Å². The van der Waals surface area contributed by atoms with E-state index in [1.165, 1.54) is 49.0 Å². The first-order valence-electron chi connectivity index (χ1n) is 9.90. The van der Waals surface area contributed by atoms with E-state index in [9.17, 15) is 4.79 Å². The van der Waals surface area contributed by atoms with Crippen LogP contribution in [0.25, 0.3) is 0 Å². The van der Waals surface area contributed by atoms with Gasteiger partial charge in [-0.05, 0) is 62.6 Å². The molecule has 2 aromatic rings. The summed E-state index contributed by atoms with van der Waals surface area (Å²) in [6.45, 7) is 2.67. The van der Waals surface area contributed by atoms with Crippen molar-refractivity contribution in [3.05, 3.63) is 45.3 Å². The van der Waals surface area contributed by atoms with Crippen molar-refractivity contribution in [1.29, 1.82) is 0 Å². The maximum Gasteiger partial charge on any atom is 0.261 e. The molecule has 0 aromatic carbocycles. The number of aromatic nitrogens is 1. The summed E-state index contributed by atoms with van der Waals surface area (Å²) >= 11 is 1.69. The van der Waals surface area contributed by atoms with Crippen molar-refractivity contribution in [2.24, 2.45) is 0 Å². The molecule has 0 unspecified atom stereocenters. The van der Waals surface area contributed by atoms with E-state index < -0.39 is 0 Å². The number of pyridine rings is 1. The second kappa shape index (κ2) is 8.21. The van der Waals surface area contributed by atoms with Gasteiger partial charge < -0.3 is 10.2 Å². The number of thiophene rings is 1. The van der Waals surface area contributed by atoms with Gasteiger partial charge in [0, 0.05) is 36.3 Å². The van der Waals surface area contributed by atoms with Crippen LogP contribution in [0.1, 0.15) is 64.2 Å². The highest BCUT2D eigenvalue weighted by molar-refractivity contribution is 7.14. The van der Waals surface area contributed by atoms with Crippen molar-refractivity contribution in [3.63, 3.8) is 0 Å². The lowest BCUT2D eigenvalue weighted by Gasteiger charge is -2.29. The second-order valence-corrected chi connectivity index (χ2v) is 8.47. The maximum atomic E-state index is 12.7. The lowest BCUT2D eigenvalue weighted by Crippen LogP contribution is -2.32. The van der Waals surface area contributed by atoms with Crippen LogP contribution in [-0.2, 0) is 19.4 Å². The van der Waals surface area contributed by atoms with E-state index in [4.69, 9.17) is 0 Å². The van der Waals surface area contributed by atoms with Crippen LogP contribution in [0.2, 0.25) is 0 Å². The number of nitrogens with zero attached hydrogens (tertiary/aromatic N) is 2. The van der Waals surface area contributed by atoms with Gasteiger partial charge in [-0.2, -0.15) is 0 Å². The van der Waals surface area contributed by atoms with E-state index in [0.29, 0.717) is 6.54 Å². The van der Waals surface area contributed by atoms with E-state index in [1.807, 2.05) is 12.3 Å². The van der Waals surface area contributed by atoms with Crippen LogP contribution < -0.4 is 10.2 Å². The summed E-state index contributed by atoms with van der Waals surface area (Å²) in [4.78, 5) is 21.9. The molecule has 4 nitrogen and oxygen atoms in total. The van der Waals surface area contributed by atoms with Crippen LogP contribution in [-0.4, -0.2) is 24.0 Å². The Morgan fingerprint density at radius 3 is 2.81 bits per heavy atom. The summed E-state index contributed by atoms with van der Waals surface area (Å²) < 4.78 is 0. The van der Waals surface area contributed by atoms with Crippen molar-refractivity contribution in [1.82, 2.24) is 10.3 Å². The number of hydrogen-bond donors (Lipinski definition) is 1. The topological polar surface area (TPSA) is 45.2 Å². The van der Waals surface area contributed by atoms with Crippen LogP contribution in [0.4, 0.5) is 5.82 Å². The van der Waals surface area contributed by atoms with Gasteiger partial charge in [-0.3, -0.25) is 4.79 Å². The molecule has 0 bridgehead atoms. The van der Waals surface area contributed by atoms with Crippen molar-refractivity contribution >= 4 is 23.1 Å². The molecule has 1 N–H and O–H groups in total. The monoisotopic (exact) mass is 369 g/mol. The summed E-state index contributed by atoms with van der Waals surface area (Å²) in [5.41, 5.74) is 2.51. The number of hydrogen-bond acceptors (Lipinski definition) is 4. The molecular formula is C21H27N3OS. The highest BCUT2D eigenvalue weighted by Crippen LogP contribution is 2.29. The standard InChI is InChI=1S/C21H27N3OS/c25-21(19-14-16-8-3-1-4-10-18(16)26-19)23-15-17-9-7-11-22-20(17)24-12-5-2-6-13-24/h7,9,11,14H,1-6,8,10,12-13,15H2,(H,23,25). The molecule has 0 saturated carbocycles. The summed E-state index contributed by atoms with van der Waals surface area (Å²) in [6, 6.07) is 6.17. The van der Waals surface area contributed by atoms with Crippen LogP contribution in [0.5, 0.6) is 0 Å². The van der Waals surface area contributed by atoms with Crippen molar-refractivity contribution in [2.75, 3.05) is 18.0 Å². The smallest absolute Gasteiger partial charge is 0.261 e. The van der Waals surface area contributed by atoms with Gasteiger partial charge in [0.1, 0.15) is 5.82 Å². The van der Waals surface area contributed by atoms with E-state index >= 15 is 0 Å². The van der Waals surface area contributed by atoms with E-state index in [0.717, 1.165) is 42.2 Å². The lowest BCUT2D eigenvalue weighted by atomic mass is 10.1. The van der Waals surface area contributed by atoms with Crippen LogP contribution in [0.3, 0.4) is 0 Å². The molecule has 0 spiro atoms. The molecule has 0 radical (unpaired) electrons. The largest absolute Gasteiger partial charge is 0.356 e. The van der Waals surface area contributed by atoms with Gasteiger partial charge in [0.2, 0.25) is 0 Å². The molecule has 2 aromatic heterocycles. The molecule has 1 saturated heterocycles. The molecule has 26 heavy (non-hydrogen) atoms. The molecule has 1 aliphatic carbocycles. The zero-order valence-corrected chi connectivity index (χ0v) is 16.1. The number of aryl methyl sites for hydroxylation is 2. The normalized spacial score (nSPS) is 17.5. The third kappa shape index (κ3) is 3.93. The number of anilines is 1. The molecule has 1 amide bonds. The first-order valence-corrected chi connectivity index (χ1v) is 10.7. The zero-order chi connectivity index (χ0) is 17.8. The van der Waals surface area contributed by atoms with Crippen molar-refractivity contribution < 1.29 is 4.79 Å². The molecule has 0 atom stereocenters. The number of piperidine rings is 1. The van der Waals surface area contributed by atoms with Gasteiger partial charge in [0.15, 0.2) is 0 Å². The second-order valence-electron chi connectivity index (χ2n) is 7.34. The first-order chi connectivity index (χ1) is 12.8. The van der Waals surface area contributed by atoms with Crippen LogP contribution in [0.15, 0.2) is 24.4 Å². The first kappa shape index (κ1) is 17.5. The molecule has 1 aliphatic heterocycles. The molecule has 2 aliphatic rings. The Kier molecular flexibility index (Phi) is 5.54. The number of carbonyl (C=O) groups is 1. The van der Waals surface area contributed by atoms with Crippen LogP contribution >= 0.6 is 11.3 Å². The lowest BCUT2D eigenvalue weighted by molar-refractivity contribution is 0.0955. The molecule has 4 rings (SSSR count). The Morgan fingerprint density at radius 2 is 1.92 bits per heavy atom. The predicted octanol–water partition coefficient (Wildman–Crippen LogP) is 4.33. The highest BCUT2D eigenvalue weighted by atomic mass is 32.1. The fraction of sp³-hybridized carbons (Fsp3) is 0.524. The summed E-state index contributed by atoms with van der Waals surface area (Å²) in [5.74, 6) is 1.09. The van der Waals surface area contributed by atoms with Gasteiger partial charge >= 0.3 is 0 Å². The van der Waals surface area contributed by atoms with Crippen molar-refractivity contribution in [2.45, 2.75) is 57.9 Å². The van der Waals surface area contributed by atoms with Gasteiger partial charge in [-0.15, -0.1) is 11.3 Å². The van der Waals surface area contributed by atoms with E-state index in [1.54, 1.807) is 11.3 Å². The summed E-state index contributed by atoms with van der Waals surface area (Å²) in [6.07, 6.45) is 11.7. The highest BCUT2D eigenvalue weighted by Gasteiger charge is 2.18. The predicted molar refractivity (Wildman–Crippen MR) is 107 cm³/mol. The molecule has 3 heterocycles. The Morgan fingerprint density at radius 1 is 1.12 bits per heavy atom. The summed E-state index contributed by atoms with van der Waals surface area (Å²) in [7, 11) is 0. The number of carbonyl (C=O) groups excluding carboxylic acids is 1. The molecular weight excluding hydrogens is 342 g/mol. The van der Waals surface area contributed by atoms with Gasteiger partial charge in [0.25, 0.3) is 5.91 Å². The third-order valence-corrected chi connectivity index (χ3v) is 6.67. The third-order valence-electron chi connectivity index (χ3n) is 5.43. The van der Waals surface area contributed by atoms with Gasteiger partial charge in [-0.25, -0.2) is 4.98 Å². The maximum absolute atomic E-state index is 12.7. The molecule has 138 valence electrons. The minimum Gasteiger partial charge on any atom is -0.356 e. The fourth-order valence-electron chi connectivity index (χ4n) is 4.00. The van der Waals surface area contributed by atoms with Gasteiger partial charge in [0.05, 0.1) is 4.88 Å². The Hall–Kier alpha value is -1.88. The van der Waals surface area contributed by atoms with Crippen molar-refractivity contribution in [3.8, 4) is 0 Å². The minimum atomic E-state index is 0.0523. The Balaban J connectivity index is 1.43. The SMILES string of the molecule is O=C(NCc1cccnc1N1CCCCC1)c1cc2c(s1)CCCCC2. The fourth-order valence-corrected chi connectivity index (χ4v) is 5.17. The zero-order valence-electron chi connectivity index (χ0n) is 15.3. The van der Waals surface area contributed by atoms with Crippen LogP contribution in [0, 0.1) is 0 Å². The number of fused-ring (bicyclic) bond motifs is 1. The minimum absolute atomic E-state index is 0.0523. The Bertz CT molecular complexity index is 741. The molecule has 5 heteroatoms.